The van der Waals surface area contributed by atoms with E-state index < -0.39 is 0 Å². The Bertz CT molecular complexity index is 842. The van der Waals surface area contributed by atoms with Crippen LogP contribution in [0.1, 0.15) is 18.9 Å². The van der Waals surface area contributed by atoms with E-state index in [2.05, 4.69) is 10.1 Å². The van der Waals surface area contributed by atoms with Crippen LogP contribution in [0.4, 0.5) is 0 Å². The first-order chi connectivity index (χ1) is 12.1. The summed E-state index contributed by atoms with van der Waals surface area (Å²) in [5, 5.41) is 8.93. The van der Waals surface area contributed by atoms with Crippen molar-refractivity contribution < 1.29 is 0 Å². The van der Waals surface area contributed by atoms with Gasteiger partial charge in [-0.25, -0.2) is 4.68 Å². The van der Waals surface area contributed by atoms with E-state index in [0.717, 1.165) is 35.5 Å². The second kappa shape index (κ2) is 7.31. The van der Waals surface area contributed by atoms with Crippen LogP contribution in [0.2, 0.25) is 0 Å². The molecule has 0 spiro atoms. The number of rotatable bonds is 6. The molecule has 2 heterocycles. The molecule has 130 valence electrons. The minimum absolute atomic E-state index is 0.127. The molecular weight excluding hydrogens is 314 g/mol. The van der Waals surface area contributed by atoms with Gasteiger partial charge in [0.15, 0.2) is 0 Å². The summed E-state index contributed by atoms with van der Waals surface area (Å²) in [6, 6.07) is 10.1. The molecule has 25 heavy (non-hydrogen) atoms. The first kappa shape index (κ1) is 16.9. The molecule has 0 fully saturated rings. The third-order valence-electron chi connectivity index (χ3n) is 4.00. The van der Waals surface area contributed by atoms with Crippen LogP contribution in [0.15, 0.2) is 53.9 Å². The highest BCUT2D eigenvalue weighted by Crippen LogP contribution is 2.23. The average Bonchev–Trinajstić information content (AvgIpc) is 3.29. The van der Waals surface area contributed by atoms with Gasteiger partial charge >= 0.3 is 0 Å². The van der Waals surface area contributed by atoms with E-state index in [9.17, 15) is 0 Å². The van der Waals surface area contributed by atoms with E-state index >= 15 is 0 Å². The molecule has 0 aliphatic rings. The van der Waals surface area contributed by atoms with Crippen molar-refractivity contribution in [2.24, 2.45) is 16.5 Å². The minimum Gasteiger partial charge on any atom is -0.383 e. The van der Waals surface area contributed by atoms with Gasteiger partial charge in [-0.3, -0.25) is 9.67 Å². The lowest BCUT2D eigenvalue weighted by Gasteiger charge is -2.05. The lowest BCUT2D eigenvalue weighted by Crippen LogP contribution is -2.17. The van der Waals surface area contributed by atoms with E-state index in [-0.39, 0.29) is 6.04 Å². The van der Waals surface area contributed by atoms with E-state index in [1.54, 1.807) is 13.2 Å². The predicted molar refractivity (Wildman–Crippen MR) is 99.7 cm³/mol. The Hall–Kier alpha value is -2.93. The van der Waals surface area contributed by atoms with Crippen molar-refractivity contribution in [3.63, 3.8) is 0 Å². The molecule has 7 nitrogen and oxygen atoms in total. The van der Waals surface area contributed by atoms with Gasteiger partial charge in [0, 0.05) is 43.8 Å². The lowest BCUT2D eigenvalue weighted by atomic mass is 10.1. The highest BCUT2D eigenvalue weighted by atomic mass is 15.3. The fourth-order valence-corrected chi connectivity index (χ4v) is 2.59. The molecule has 0 bridgehead atoms. The Kier molecular flexibility index (Phi) is 4.95. The Morgan fingerprint density at radius 1 is 1.28 bits per heavy atom. The Labute approximate surface area is 147 Å². The van der Waals surface area contributed by atoms with Crippen LogP contribution in [0.5, 0.6) is 0 Å². The molecule has 1 unspecified atom stereocenters. The summed E-state index contributed by atoms with van der Waals surface area (Å²) >= 11 is 0. The number of hydrogen-bond acceptors (Lipinski definition) is 4. The fourth-order valence-electron chi connectivity index (χ4n) is 2.59. The van der Waals surface area contributed by atoms with E-state index in [1.165, 1.54) is 0 Å². The topological polar surface area (TPSA) is 100 Å². The number of aliphatic imine (C=N–C) groups is 1. The van der Waals surface area contributed by atoms with Gasteiger partial charge in [-0.05, 0) is 31.5 Å². The maximum absolute atomic E-state index is 6.07. The quantitative estimate of drug-likeness (QED) is 0.529. The van der Waals surface area contributed by atoms with E-state index in [4.69, 9.17) is 16.6 Å². The zero-order valence-electron chi connectivity index (χ0n) is 14.5. The SMILES string of the molecule is C/N=C(/N)c1cn(CCC(C)N)nc1-c1ccc(-n2cccn2)cc1. The number of benzene rings is 1. The Balaban J connectivity index is 1.94. The molecule has 0 saturated carbocycles. The number of amidine groups is 1. The van der Waals surface area contributed by atoms with Crippen LogP contribution < -0.4 is 11.5 Å². The smallest absolute Gasteiger partial charge is 0.129 e. The molecule has 4 N–H and O–H groups in total. The van der Waals surface area contributed by atoms with Crippen LogP contribution in [-0.4, -0.2) is 38.5 Å². The van der Waals surface area contributed by atoms with Crippen LogP contribution in [0, 0.1) is 0 Å². The monoisotopic (exact) mass is 337 g/mol. The van der Waals surface area contributed by atoms with Gasteiger partial charge in [-0.2, -0.15) is 10.2 Å². The summed E-state index contributed by atoms with van der Waals surface area (Å²) in [5.74, 6) is 0.471. The first-order valence-electron chi connectivity index (χ1n) is 8.24. The van der Waals surface area contributed by atoms with Crippen molar-refractivity contribution in [3.05, 3.63) is 54.5 Å². The Morgan fingerprint density at radius 3 is 2.64 bits per heavy atom. The van der Waals surface area contributed by atoms with Crippen molar-refractivity contribution >= 4 is 5.84 Å². The number of nitrogens with zero attached hydrogens (tertiary/aromatic N) is 5. The van der Waals surface area contributed by atoms with Crippen molar-refractivity contribution in [2.45, 2.75) is 25.9 Å². The molecule has 3 rings (SSSR count). The second-order valence-corrected chi connectivity index (χ2v) is 6.03. The van der Waals surface area contributed by atoms with Gasteiger partial charge in [0.1, 0.15) is 11.5 Å². The third kappa shape index (κ3) is 3.77. The highest BCUT2D eigenvalue weighted by Gasteiger charge is 2.14. The molecule has 0 aliphatic carbocycles. The van der Waals surface area contributed by atoms with Crippen molar-refractivity contribution in [1.82, 2.24) is 19.6 Å². The zero-order valence-corrected chi connectivity index (χ0v) is 14.5. The summed E-state index contributed by atoms with van der Waals surface area (Å²) in [5.41, 5.74) is 15.5. The summed E-state index contributed by atoms with van der Waals surface area (Å²) in [4.78, 5) is 4.11. The molecule has 0 aliphatic heterocycles. The Morgan fingerprint density at radius 2 is 2.04 bits per heavy atom. The lowest BCUT2D eigenvalue weighted by molar-refractivity contribution is 0.531. The number of nitrogens with two attached hydrogens (primary N) is 2. The number of aryl methyl sites for hydroxylation is 1. The fraction of sp³-hybridized carbons (Fsp3) is 0.278. The largest absolute Gasteiger partial charge is 0.383 e. The van der Waals surface area contributed by atoms with Gasteiger partial charge < -0.3 is 11.5 Å². The molecule has 7 heteroatoms. The molecular formula is C18H23N7. The van der Waals surface area contributed by atoms with Gasteiger partial charge in [0.25, 0.3) is 0 Å². The summed E-state index contributed by atoms with van der Waals surface area (Å²) in [6.45, 7) is 2.73. The molecule has 1 atom stereocenters. The van der Waals surface area contributed by atoms with Crippen LogP contribution in [0.25, 0.3) is 16.9 Å². The molecule has 2 aromatic heterocycles. The van der Waals surface area contributed by atoms with Gasteiger partial charge in [0.05, 0.1) is 11.3 Å². The number of hydrogen-bond donors (Lipinski definition) is 2. The maximum atomic E-state index is 6.07. The third-order valence-corrected chi connectivity index (χ3v) is 4.00. The molecule has 0 saturated heterocycles. The van der Waals surface area contributed by atoms with E-state index in [1.807, 2.05) is 59.0 Å². The van der Waals surface area contributed by atoms with Crippen molar-refractivity contribution in [3.8, 4) is 16.9 Å². The van der Waals surface area contributed by atoms with Gasteiger partial charge in [-0.1, -0.05) is 12.1 Å². The molecule has 0 amide bonds. The summed E-state index contributed by atoms with van der Waals surface area (Å²) in [7, 11) is 1.68. The molecule has 1 aromatic carbocycles. The normalized spacial score (nSPS) is 13.2. The number of aromatic nitrogens is 4. The maximum Gasteiger partial charge on any atom is 0.129 e. The first-order valence-corrected chi connectivity index (χ1v) is 8.24. The second-order valence-electron chi connectivity index (χ2n) is 6.03. The summed E-state index contributed by atoms with van der Waals surface area (Å²) < 4.78 is 3.70. The molecule has 0 radical (unpaired) electrons. The predicted octanol–water partition coefficient (Wildman–Crippen LogP) is 1.81. The van der Waals surface area contributed by atoms with Crippen LogP contribution in [-0.2, 0) is 6.54 Å². The van der Waals surface area contributed by atoms with Gasteiger partial charge in [-0.15, -0.1) is 0 Å². The van der Waals surface area contributed by atoms with Gasteiger partial charge in [0.2, 0.25) is 0 Å². The van der Waals surface area contributed by atoms with E-state index in [0.29, 0.717) is 5.84 Å². The standard InChI is InChI=1S/C18H23N7/c1-13(19)8-11-24-12-16(18(20)21-2)17(23-24)14-4-6-15(7-5-14)25-10-3-9-22-25/h3-7,9-10,12-13H,8,11,19H2,1-2H3,(H2,20,21). The van der Waals surface area contributed by atoms with Crippen molar-refractivity contribution in [2.75, 3.05) is 7.05 Å². The van der Waals surface area contributed by atoms with Crippen LogP contribution >= 0.6 is 0 Å². The molecule has 3 aromatic rings. The zero-order chi connectivity index (χ0) is 17.8. The van der Waals surface area contributed by atoms with Crippen molar-refractivity contribution in [1.29, 1.82) is 0 Å². The van der Waals surface area contributed by atoms with Crippen LogP contribution in [0.3, 0.4) is 0 Å². The highest BCUT2D eigenvalue weighted by molar-refractivity contribution is 6.02. The average molecular weight is 337 g/mol. The minimum atomic E-state index is 0.127. The summed E-state index contributed by atoms with van der Waals surface area (Å²) in [6.07, 6.45) is 6.44.